The number of morpholine rings is 1. The summed E-state index contributed by atoms with van der Waals surface area (Å²) in [7, 11) is 0. The van der Waals surface area contributed by atoms with Crippen molar-refractivity contribution < 1.29 is 9.66 Å². The lowest BCUT2D eigenvalue weighted by molar-refractivity contribution is -0.384. The maximum atomic E-state index is 10.9. The molecule has 0 unspecified atom stereocenters. The smallest absolute Gasteiger partial charge is 0.269 e. The molecule has 0 bridgehead atoms. The molecule has 7 heteroatoms. The molecule has 0 spiro atoms. The Morgan fingerprint density at radius 3 is 2.33 bits per heavy atom. The van der Waals surface area contributed by atoms with E-state index in [0.717, 1.165) is 35.7 Å². The molecule has 0 amide bonds. The van der Waals surface area contributed by atoms with E-state index in [1.165, 1.54) is 17.7 Å². The van der Waals surface area contributed by atoms with Gasteiger partial charge in [0.2, 0.25) is 0 Å². The zero-order chi connectivity index (χ0) is 18.8. The molecule has 1 saturated heterocycles. The summed E-state index contributed by atoms with van der Waals surface area (Å²) in [5.41, 5.74) is 4.19. The minimum Gasteiger partial charge on any atom is -0.378 e. The fraction of sp³-hybridized carbons (Fsp3) is 0.250. The molecular weight excluding hydrogens is 344 g/mol. The SMILES string of the molecule is Cc1ccc(-c2cn(-c3ccc([N+](=O)[O-])cc3)nc2N2CCOCC2)cc1. The van der Waals surface area contributed by atoms with Crippen molar-refractivity contribution in [2.75, 3.05) is 31.2 Å². The van der Waals surface area contributed by atoms with Crippen LogP contribution in [0.2, 0.25) is 0 Å². The van der Waals surface area contributed by atoms with Gasteiger partial charge in [0.1, 0.15) is 0 Å². The molecule has 138 valence electrons. The molecule has 0 radical (unpaired) electrons. The molecule has 2 aromatic carbocycles. The van der Waals surface area contributed by atoms with Crippen LogP contribution in [0.1, 0.15) is 5.56 Å². The number of rotatable bonds is 4. The van der Waals surface area contributed by atoms with E-state index in [-0.39, 0.29) is 5.69 Å². The van der Waals surface area contributed by atoms with Gasteiger partial charge in [-0.1, -0.05) is 29.8 Å². The van der Waals surface area contributed by atoms with Crippen molar-refractivity contribution in [3.05, 3.63) is 70.4 Å². The number of anilines is 1. The van der Waals surface area contributed by atoms with Crippen LogP contribution in [0.3, 0.4) is 0 Å². The highest BCUT2D eigenvalue weighted by molar-refractivity contribution is 5.76. The summed E-state index contributed by atoms with van der Waals surface area (Å²) >= 11 is 0. The van der Waals surface area contributed by atoms with Gasteiger partial charge in [-0.3, -0.25) is 10.1 Å². The fourth-order valence-electron chi connectivity index (χ4n) is 3.17. The molecule has 4 rings (SSSR count). The van der Waals surface area contributed by atoms with Gasteiger partial charge in [0.15, 0.2) is 5.82 Å². The largest absolute Gasteiger partial charge is 0.378 e. The summed E-state index contributed by atoms with van der Waals surface area (Å²) in [4.78, 5) is 12.7. The van der Waals surface area contributed by atoms with Gasteiger partial charge in [-0.05, 0) is 24.6 Å². The Morgan fingerprint density at radius 2 is 1.70 bits per heavy atom. The van der Waals surface area contributed by atoms with E-state index >= 15 is 0 Å². The number of hydrogen-bond acceptors (Lipinski definition) is 5. The van der Waals surface area contributed by atoms with Gasteiger partial charge >= 0.3 is 0 Å². The molecule has 0 aliphatic carbocycles. The number of aromatic nitrogens is 2. The van der Waals surface area contributed by atoms with Crippen LogP contribution in [0.25, 0.3) is 16.8 Å². The van der Waals surface area contributed by atoms with Gasteiger partial charge in [-0.2, -0.15) is 0 Å². The number of hydrogen-bond donors (Lipinski definition) is 0. The predicted octanol–water partition coefficient (Wildman–Crippen LogP) is 3.59. The molecule has 1 aliphatic rings. The lowest BCUT2D eigenvalue weighted by Gasteiger charge is -2.27. The second kappa shape index (κ2) is 7.20. The van der Waals surface area contributed by atoms with Crippen LogP contribution in [0.15, 0.2) is 54.7 Å². The van der Waals surface area contributed by atoms with Crippen LogP contribution in [-0.2, 0) is 4.74 Å². The van der Waals surface area contributed by atoms with Gasteiger partial charge in [-0.25, -0.2) is 4.68 Å². The van der Waals surface area contributed by atoms with Gasteiger partial charge in [0.25, 0.3) is 5.69 Å². The minimum atomic E-state index is -0.399. The third kappa shape index (κ3) is 3.54. The summed E-state index contributed by atoms with van der Waals surface area (Å²) in [6.45, 7) is 4.99. The molecule has 7 nitrogen and oxygen atoms in total. The third-order valence-corrected chi connectivity index (χ3v) is 4.69. The van der Waals surface area contributed by atoms with Crippen molar-refractivity contribution in [3.63, 3.8) is 0 Å². The van der Waals surface area contributed by atoms with Crippen molar-refractivity contribution in [3.8, 4) is 16.8 Å². The molecule has 0 saturated carbocycles. The average Bonchev–Trinajstić information content (AvgIpc) is 3.15. The van der Waals surface area contributed by atoms with Gasteiger partial charge < -0.3 is 9.64 Å². The number of nitrogens with zero attached hydrogens (tertiary/aromatic N) is 4. The molecule has 0 atom stereocenters. The summed E-state index contributed by atoms with van der Waals surface area (Å²) in [6.07, 6.45) is 1.98. The maximum Gasteiger partial charge on any atom is 0.269 e. The first kappa shape index (κ1) is 17.2. The number of non-ortho nitro benzene ring substituents is 1. The lowest BCUT2D eigenvalue weighted by Crippen LogP contribution is -2.36. The van der Waals surface area contributed by atoms with Crippen molar-refractivity contribution in [1.29, 1.82) is 0 Å². The van der Waals surface area contributed by atoms with Crippen LogP contribution >= 0.6 is 0 Å². The van der Waals surface area contributed by atoms with Crippen molar-refractivity contribution >= 4 is 11.5 Å². The maximum absolute atomic E-state index is 10.9. The summed E-state index contributed by atoms with van der Waals surface area (Å²) < 4.78 is 7.25. The summed E-state index contributed by atoms with van der Waals surface area (Å²) in [5.74, 6) is 0.903. The van der Waals surface area contributed by atoms with E-state index in [2.05, 4.69) is 36.1 Å². The third-order valence-electron chi connectivity index (χ3n) is 4.69. The van der Waals surface area contributed by atoms with Crippen molar-refractivity contribution in [2.24, 2.45) is 0 Å². The van der Waals surface area contributed by atoms with Crippen LogP contribution in [-0.4, -0.2) is 41.0 Å². The van der Waals surface area contributed by atoms with E-state index in [0.29, 0.717) is 13.2 Å². The quantitative estimate of drug-likeness (QED) is 0.522. The molecule has 2 heterocycles. The molecule has 27 heavy (non-hydrogen) atoms. The molecule has 1 fully saturated rings. The van der Waals surface area contributed by atoms with Crippen LogP contribution < -0.4 is 4.90 Å². The fourth-order valence-corrected chi connectivity index (χ4v) is 3.17. The van der Waals surface area contributed by atoms with E-state index in [4.69, 9.17) is 9.84 Å². The Balaban J connectivity index is 1.76. The highest BCUT2D eigenvalue weighted by Gasteiger charge is 2.20. The Hall–Kier alpha value is -3.19. The van der Waals surface area contributed by atoms with E-state index in [1.54, 1.807) is 16.8 Å². The number of benzene rings is 2. The number of ether oxygens (including phenoxy) is 1. The standard InChI is InChI=1S/C20H20N4O3/c1-15-2-4-16(5-3-15)19-14-23(17-6-8-18(9-7-17)24(25)26)21-20(19)22-10-12-27-13-11-22/h2-9,14H,10-13H2,1H3. The topological polar surface area (TPSA) is 73.4 Å². The summed E-state index contributed by atoms with van der Waals surface area (Å²) in [6, 6.07) is 14.8. The van der Waals surface area contributed by atoms with Gasteiger partial charge in [0, 0.05) is 37.0 Å². The normalized spacial score (nSPS) is 14.3. The predicted molar refractivity (Wildman–Crippen MR) is 103 cm³/mol. The second-order valence-corrected chi connectivity index (χ2v) is 6.55. The van der Waals surface area contributed by atoms with Gasteiger partial charge in [0.05, 0.1) is 23.8 Å². The highest BCUT2D eigenvalue weighted by atomic mass is 16.6. The first-order chi connectivity index (χ1) is 13.1. The zero-order valence-corrected chi connectivity index (χ0v) is 15.0. The first-order valence-electron chi connectivity index (χ1n) is 8.86. The second-order valence-electron chi connectivity index (χ2n) is 6.55. The average molecular weight is 364 g/mol. The highest BCUT2D eigenvalue weighted by Crippen LogP contribution is 2.32. The Labute approximate surface area is 156 Å². The molecule has 1 aliphatic heterocycles. The monoisotopic (exact) mass is 364 g/mol. The number of aryl methyl sites for hydroxylation is 1. The lowest BCUT2D eigenvalue weighted by atomic mass is 10.1. The van der Waals surface area contributed by atoms with E-state index in [9.17, 15) is 10.1 Å². The van der Waals surface area contributed by atoms with E-state index < -0.39 is 4.92 Å². The Morgan fingerprint density at radius 1 is 1.04 bits per heavy atom. The van der Waals surface area contributed by atoms with E-state index in [1.807, 2.05) is 6.20 Å². The van der Waals surface area contributed by atoms with Crippen LogP contribution in [0.4, 0.5) is 11.5 Å². The Bertz CT molecular complexity index is 942. The van der Waals surface area contributed by atoms with Crippen molar-refractivity contribution in [1.82, 2.24) is 9.78 Å². The summed E-state index contributed by atoms with van der Waals surface area (Å²) in [5, 5.41) is 15.7. The van der Waals surface area contributed by atoms with Gasteiger partial charge in [-0.15, -0.1) is 5.10 Å². The zero-order valence-electron chi connectivity index (χ0n) is 15.0. The van der Waals surface area contributed by atoms with Crippen molar-refractivity contribution in [2.45, 2.75) is 6.92 Å². The van der Waals surface area contributed by atoms with Crippen LogP contribution in [0.5, 0.6) is 0 Å². The Kier molecular flexibility index (Phi) is 4.60. The molecule has 1 aromatic heterocycles. The first-order valence-corrected chi connectivity index (χ1v) is 8.86. The van der Waals surface area contributed by atoms with Crippen LogP contribution in [0, 0.1) is 17.0 Å². The molecule has 0 N–H and O–H groups in total. The number of nitro benzene ring substituents is 1. The molecular formula is C20H20N4O3. The number of nitro groups is 1. The minimum absolute atomic E-state index is 0.0677. The molecule has 3 aromatic rings.